The van der Waals surface area contributed by atoms with E-state index in [-0.39, 0.29) is 54.2 Å². The lowest BCUT2D eigenvalue weighted by Crippen LogP contribution is -2.62. The van der Waals surface area contributed by atoms with E-state index in [0.717, 1.165) is 48.9 Å². The number of fused-ring (bicyclic) bond motifs is 5. The highest BCUT2D eigenvalue weighted by atomic mass is 32.3. The molecule has 0 amide bonds. The van der Waals surface area contributed by atoms with Gasteiger partial charge in [0.05, 0.1) is 17.8 Å². The Labute approximate surface area is 318 Å². The molecular formula is C36H52N2O13S3. The molecule has 1 heterocycles. The molecule has 4 aliphatic carbocycles. The van der Waals surface area contributed by atoms with E-state index in [1.165, 1.54) is 0 Å². The first-order valence-electron chi connectivity index (χ1n) is 18.4. The van der Waals surface area contributed by atoms with E-state index in [2.05, 4.69) is 25.5 Å². The Bertz CT molecular complexity index is 2040. The summed E-state index contributed by atoms with van der Waals surface area (Å²) in [6.45, 7) is 12.8. The minimum absolute atomic E-state index is 0.0570. The van der Waals surface area contributed by atoms with Gasteiger partial charge in [0.1, 0.15) is 18.0 Å². The number of benzene rings is 1. The summed E-state index contributed by atoms with van der Waals surface area (Å²) < 4.78 is 118. The van der Waals surface area contributed by atoms with Gasteiger partial charge in [-0.15, -0.1) is 0 Å². The SMILES string of the molecule is C=C(C)[C@@H](CC[C@@H](C)[C@H]1CC[C@H]2[C@@H]3C[C@H](OS(=O)(=O)O)[C@H]4C[C@@H](OS(=O)(=O)O)[C@@H](OS(=O)(=O)O)C[C@]4(C)[C@H]3CC[C@]12C)n1nccc1-c1ccc(O)cc1. The highest BCUT2D eigenvalue weighted by molar-refractivity contribution is 7.81. The molecule has 302 valence electrons. The second-order valence-corrected chi connectivity index (χ2v) is 19.8. The monoisotopic (exact) mass is 816 g/mol. The van der Waals surface area contributed by atoms with E-state index >= 15 is 0 Å². The molecule has 4 N–H and O–H groups in total. The molecule has 0 bridgehead atoms. The topological polar surface area (TPSA) is 229 Å². The number of hydrogen-bond donors (Lipinski definition) is 4. The summed E-state index contributed by atoms with van der Waals surface area (Å²) in [6, 6.07) is 8.91. The molecule has 1 aromatic carbocycles. The van der Waals surface area contributed by atoms with Crippen LogP contribution in [0.2, 0.25) is 0 Å². The fraction of sp³-hybridized carbons (Fsp3) is 0.694. The van der Waals surface area contributed by atoms with Crippen LogP contribution in [-0.4, -0.2) is 72.1 Å². The van der Waals surface area contributed by atoms with Gasteiger partial charge in [-0.2, -0.15) is 30.4 Å². The van der Waals surface area contributed by atoms with Crippen LogP contribution in [0.3, 0.4) is 0 Å². The third kappa shape index (κ3) is 8.46. The zero-order chi connectivity index (χ0) is 39.6. The molecule has 54 heavy (non-hydrogen) atoms. The molecule has 2 aromatic rings. The van der Waals surface area contributed by atoms with E-state index in [0.29, 0.717) is 18.3 Å². The summed E-state index contributed by atoms with van der Waals surface area (Å²) in [5.41, 5.74) is 1.83. The first kappa shape index (κ1) is 41.2. The van der Waals surface area contributed by atoms with Crippen molar-refractivity contribution in [1.29, 1.82) is 0 Å². The third-order valence-corrected chi connectivity index (χ3v) is 15.2. The molecule has 6 rings (SSSR count). The van der Waals surface area contributed by atoms with Crippen molar-refractivity contribution < 1.29 is 56.6 Å². The van der Waals surface area contributed by atoms with Crippen molar-refractivity contribution in [3.05, 3.63) is 48.7 Å². The highest BCUT2D eigenvalue weighted by Crippen LogP contribution is 2.69. The first-order valence-corrected chi connectivity index (χ1v) is 22.5. The number of rotatable bonds is 13. The third-order valence-electron chi connectivity index (χ3n) is 13.7. The van der Waals surface area contributed by atoms with E-state index in [9.17, 15) is 44.0 Å². The Balaban J connectivity index is 1.24. The molecule has 12 atom stereocenters. The summed E-state index contributed by atoms with van der Waals surface area (Å²) in [5, 5.41) is 14.5. The minimum atomic E-state index is -5.11. The fourth-order valence-electron chi connectivity index (χ4n) is 11.6. The van der Waals surface area contributed by atoms with Gasteiger partial charge in [0, 0.05) is 11.8 Å². The number of nitrogens with zero attached hydrogens (tertiary/aromatic N) is 2. The van der Waals surface area contributed by atoms with Crippen molar-refractivity contribution in [2.45, 2.75) is 110 Å². The molecule has 18 heteroatoms. The lowest BCUT2D eigenvalue weighted by atomic mass is 9.43. The maximum absolute atomic E-state index is 12.2. The maximum Gasteiger partial charge on any atom is 0.397 e. The van der Waals surface area contributed by atoms with E-state index in [1.807, 2.05) is 36.7 Å². The summed E-state index contributed by atoms with van der Waals surface area (Å²) in [4.78, 5) is 0. The number of phenols is 1. The summed E-state index contributed by atoms with van der Waals surface area (Å²) >= 11 is 0. The molecule has 1 aromatic heterocycles. The van der Waals surface area contributed by atoms with Crippen molar-refractivity contribution in [2.24, 2.45) is 46.3 Å². The molecule has 0 aliphatic heterocycles. The number of aromatic hydroxyl groups is 1. The first-order chi connectivity index (χ1) is 25.0. The fourth-order valence-corrected chi connectivity index (χ4v) is 13.2. The molecule has 0 spiro atoms. The van der Waals surface area contributed by atoms with Gasteiger partial charge in [0.25, 0.3) is 0 Å². The second kappa shape index (κ2) is 14.8. The highest BCUT2D eigenvalue weighted by Gasteiger charge is 2.65. The molecule has 4 aliphatic rings. The minimum Gasteiger partial charge on any atom is -0.508 e. The number of aromatic nitrogens is 2. The van der Waals surface area contributed by atoms with Gasteiger partial charge in [-0.05, 0) is 141 Å². The average molecular weight is 817 g/mol. The quantitative estimate of drug-likeness (QED) is 0.130. The Kier molecular flexibility index (Phi) is 11.3. The van der Waals surface area contributed by atoms with Crippen LogP contribution in [0.25, 0.3) is 11.3 Å². The van der Waals surface area contributed by atoms with Crippen LogP contribution in [0.1, 0.15) is 91.5 Å². The van der Waals surface area contributed by atoms with Crippen molar-refractivity contribution in [2.75, 3.05) is 0 Å². The number of phenolic OH excluding ortho intramolecular Hbond substituents is 1. The van der Waals surface area contributed by atoms with Crippen LogP contribution >= 0.6 is 0 Å². The van der Waals surface area contributed by atoms with Gasteiger partial charge in [-0.25, -0.2) is 12.5 Å². The summed E-state index contributed by atoms with van der Waals surface area (Å²) in [6.07, 6.45) is 2.49. The van der Waals surface area contributed by atoms with Gasteiger partial charge in [-0.1, -0.05) is 32.9 Å². The van der Waals surface area contributed by atoms with Gasteiger partial charge < -0.3 is 5.11 Å². The van der Waals surface area contributed by atoms with E-state index in [1.54, 1.807) is 18.3 Å². The van der Waals surface area contributed by atoms with Crippen molar-refractivity contribution in [1.82, 2.24) is 9.78 Å². The Hall–Kier alpha value is -2.42. The zero-order valence-corrected chi connectivity index (χ0v) is 33.3. The van der Waals surface area contributed by atoms with Gasteiger partial charge in [0.2, 0.25) is 0 Å². The van der Waals surface area contributed by atoms with Gasteiger partial charge in [0.15, 0.2) is 0 Å². The predicted octanol–water partition coefficient (Wildman–Crippen LogP) is 6.23. The average Bonchev–Trinajstić information content (AvgIpc) is 3.65. The number of allylic oxidation sites excluding steroid dienone is 1. The summed E-state index contributed by atoms with van der Waals surface area (Å²) in [5.74, 6) is 0.0743. The molecule has 0 unspecified atom stereocenters. The van der Waals surface area contributed by atoms with Crippen molar-refractivity contribution in [3.8, 4) is 17.0 Å². The predicted molar refractivity (Wildman–Crippen MR) is 197 cm³/mol. The molecule has 0 radical (unpaired) electrons. The molecule has 0 saturated heterocycles. The Morgan fingerprint density at radius 3 is 2.04 bits per heavy atom. The molecule has 4 saturated carbocycles. The zero-order valence-electron chi connectivity index (χ0n) is 30.9. The largest absolute Gasteiger partial charge is 0.508 e. The molecule has 15 nitrogen and oxygen atoms in total. The van der Waals surface area contributed by atoms with Crippen molar-refractivity contribution >= 4 is 31.2 Å². The van der Waals surface area contributed by atoms with Crippen LogP contribution in [0.4, 0.5) is 0 Å². The Morgan fingerprint density at radius 1 is 0.833 bits per heavy atom. The van der Waals surface area contributed by atoms with Crippen LogP contribution in [-0.2, 0) is 43.7 Å². The maximum atomic E-state index is 12.2. The van der Waals surface area contributed by atoms with Crippen LogP contribution in [0.15, 0.2) is 48.7 Å². The van der Waals surface area contributed by atoms with Crippen LogP contribution < -0.4 is 0 Å². The van der Waals surface area contributed by atoms with Crippen molar-refractivity contribution in [3.63, 3.8) is 0 Å². The Morgan fingerprint density at radius 2 is 1.43 bits per heavy atom. The van der Waals surface area contributed by atoms with Gasteiger partial charge in [-0.3, -0.25) is 18.3 Å². The van der Waals surface area contributed by atoms with Crippen LogP contribution in [0, 0.1) is 46.3 Å². The number of hydrogen-bond acceptors (Lipinski definition) is 11. The second-order valence-electron chi connectivity index (χ2n) is 16.7. The summed E-state index contributed by atoms with van der Waals surface area (Å²) in [7, 11) is -15.2. The van der Waals surface area contributed by atoms with Crippen LogP contribution in [0.5, 0.6) is 5.75 Å². The van der Waals surface area contributed by atoms with E-state index in [4.69, 9.17) is 12.5 Å². The molecular weight excluding hydrogens is 765 g/mol. The standard InChI is InChI=1S/C36H52N2O13S3/c1-21(2)30(38-31(15-17-37-38)23-7-9-24(39)10-8-23)13-6-22(3)26-11-12-27-25-18-32(49-52(40,41)42)29-19-33(50-53(43,44)45)34(51-54(46,47)48)20-36(29,5)28(25)14-16-35(26,27)4/h7-10,15,17,22,25-30,32-34,39H,1,6,11-14,16,18-20H2,2-5H3,(H,40,41,42)(H,43,44,45)(H,46,47,48)/t22-,25+,26-,27+,28+,29-,30-,32+,33-,34+,35-,36-/m1/s1. The smallest absolute Gasteiger partial charge is 0.397 e. The lowest BCUT2D eigenvalue weighted by molar-refractivity contribution is -0.184. The normalized spacial score (nSPS) is 35.4. The molecule has 4 fully saturated rings. The lowest BCUT2D eigenvalue weighted by Gasteiger charge is -2.63. The van der Waals surface area contributed by atoms with E-state index < -0.39 is 60.8 Å². The van der Waals surface area contributed by atoms with Gasteiger partial charge >= 0.3 is 31.2 Å².